The fraction of sp³-hybridized carbons (Fsp3) is 0.909. The Morgan fingerprint density at radius 3 is 1.86 bits per heavy atom. The molecule has 0 aliphatic heterocycles. The Bertz CT molecular complexity index is 177. The summed E-state index contributed by atoms with van der Waals surface area (Å²) in [6.07, 6.45) is 1.11. The molecule has 84 valence electrons. The van der Waals surface area contributed by atoms with Crippen LogP contribution < -0.4 is 0 Å². The van der Waals surface area contributed by atoms with E-state index in [1.165, 1.54) is 0 Å². The molecule has 0 unspecified atom stereocenters. The van der Waals surface area contributed by atoms with Gasteiger partial charge in [-0.05, 0) is 24.7 Å². The van der Waals surface area contributed by atoms with Crippen molar-refractivity contribution in [1.29, 1.82) is 0 Å². The number of aliphatic hydroxyl groups excluding tert-OH is 1. The molecule has 0 fully saturated rings. The summed E-state index contributed by atoms with van der Waals surface area (Å²) in [5.41, 5.74) is -0.692. The van der Waals surface area contributed by atoms with E-state index in [1.807, 2.05) is 27.7 Å². The van der Waals surface area contributed by atoms with Gasteiger partial charge in [0.25, 0.3) is 0 Å². The van der Waals surface area contributed by atoms with E-state index in [0.29, 0.717) is 12.8 Å². The SMILES string of the molecule is CC(C)C(CCCO)(C(=O)O)C(C)C. The van der Waals surface area contributed by atoms with Gasteiger partial charge in [0.1, 0.15) is 0 Å². The van der Waals surface area contributed by atoms with Gasteiger partial charge in [0.05, 0.1) is 5.41 Å². The topological polar surface area (TPSA) is 57.5 Å². The minimum atomic E-state index is -0.740. The zero-order valence-corrected chi connectivity index (χ0v) is 9.58. The number of hydrogen-bond acceptors (Lipinski definition) is 2. The maximum Gasteiger partial charge on any atom is 0.310 e. The lowest BCUT2D eigenvalue weighted by Gasteiger charge is -2.37. The monoisotopic (exact) mass is 202 g/mol. The Labute approximate surface area is 86.1 Å². The molecule has 0 aromatic rings. The van der Waals surface area contributed by atoms with Crippen molar-refractivity contribution >= 4 is 5.97 Å². The van der Waals surface area contributed by atoms with Crippen molar-refractivity contribution in [2.75, 3.05) is 6.61 Å². The fourth-order valence-electron chi connectivity index (χ4n) is 2.22. The molecule has 0 radical (unpaired) electrons. The van der Waals surface area contributed by atoms with Crippen LogP contribution in [0, 0.1) is 17.3 Å². The van der Waals surface area contributed by atoms with E-state index in [-0.39, 0.29) is 18.4 Å². The maximum absolute atomic E-state index is 11.3. The van der Waals surface area contributed by atoms with Gasteiger partial charge < -0.3 is 10.2 Å². The standard InChI is InChI=1S/C11H22O3/c1-8(2)11(9(3)4,10(13)14)6-5-7-12/h8-9,12H,5-7H2,1-4H3,(H,13,14). The van der Waals surface area contributed by atoms with Crippen LogP contribution in [0.15, 0.2) is 0 Å². The van der Waals surface area contributed by atoms with Crippen LogP contribution in [0.5, 0.6) is 0 Å². The highest BCUT2D eigenvalue weighted by molar-refractivity contribution is 5.75. The van der Waals surface area contributed by atoms with Crippen LogP contribution in [-0.2, 0) is 4.79 Å². The van der Waals surface area contributed by atoms with Crippen LogP contribution in [0.2, 0.25) is 0 Å². The number of hydrogen-bond donors (Lipinski definition) is 2. The third-order valence-corrected chi connectivity index (χ3v) is 3.21. The van der Waals surface area contributed by atoms with Crippen LogP contribution in [0.1, 0.15) is 40.5 Å². The molecule has 14 heavy (non-hydrogen) atoms. The van der Waals surface area contributed by atoms with Crippen molar-refractivity contribution in [1.82, 2.24) is 0 Å². The lowest BCUT2D eigenvalue weighted by molar-refractivity contribution is -0.156. The molecule has 0 aromatic carbocycles. The van der Waals surface area contributed by atoms with Crippen molar-refractivity contribution in [3.8, 4) is 0 Å². The second-order valence-corrected chi connectivity index (χ2v) is 4.48. The first kappa shape index (κ1) is 13.4. The zero-order valence-electron chi connectivity index (χ0n) is 9.58. The summed E-state index contributed by atoms with van der Waals surface area (Å²) in [7, 11) is 0. The summed E-state index contributed by atoms with van der Waals surface area (Å²) in [6, 6.07) is 0. The van der Waals surface area contributed by atoms with E-state index in [4.69, 9.17) is 5.11 Å². The van der Waals surface area contributed by atoms with Gasteiger partial charge in [-0.1, -0.05) is 27.7 Å². The fourth-order valence-corrected chi connectivity index (χ4v) is 2.22. The van der Waals surface area contributed by atoms with Gasteiger partial charge >= 0.3 is 5.97 Å². The molecular weight excluding hydrogens is 180 g/mol. The predicted octanol–water partition coefficient (Wildman–Crippen LogP) is 2.14. The molecule has 0 bridgehead atoms. The van der Waals surface area contributed by atoms with Crippen LogP contribution in [-0.4, -0.2) is 22.8 Å². The van der Waals surface area contributed by atoms with E-state index < -0.39 is 11.4 Å². The van der Waals surface area contributed by atoms with Gasteiger partial charge in [0.15, 0.2) is 0 Å². The minimum absolute atomic E-state index is 0.0640. The molecule has 0 rings (SSSR count). The molecule has 0 amide bonds. The molecule has 3 heteroatoms. The van der Waals surface area contributed by atoms with Gasteiger partial charge in [-0.3, -0.25) is 4.79 Å². The smallest absolute Gasteiger partial charge is 0.310 e. The molecular formula is C11H22O3. The molecule has 0 aliphatic carbocycles. The summed E-state index contributed by atoms with van der Waals surface area (Å²) < 4.78 is 0. The molecule has 2 N–H and O–H groups in total. The Morgan fingerprint density at radius 2 is 1.64 bits per heavy atom. The van der Waals surface area contributed by atoms with E-state index in [1.54, 1.807) is 0 Å². The summed E-state index contributed by atoms with van der Waals surface area (Å²) in [5.74, 6) is -0.561. The average Bonchev–Trinajstić information content (AvgIpc) is 2.03. The molecule has 0 aliphatic rings. The van der Waals surface area contributed by atoms with Crippen molar-refractivity contribution in [2.24, 2.45) is 17.3 Å². The van der Waals surface area contributed by atoms with Crippen molar-refractivity contribution < 1.29 is 15.0 Å². The molecule has 0 aromatic heterocycles. The molecule has 3 nitrogen and oxygen atoms in total. The number of aliphatic carboxylic acids is 1. The van der Waals surface area contributed by atoms with Crippen LogP contribution in [0.25, 0.3) is 0 Å². The van der Waals surface area contributed by atoms with Gasteiger partial charge in [0, 0.05) is 6.61 Å². The largest absolute Gasteiger partial charge is 0.481 e. The van der Waals surface area contributed by atoms with E-state index in [9.17, 15) is 9.90 Å². The number of carboxylic acid groups (broad SMARTS) is 1. The summed E-state index contributed by atoms with van der Waals surface area (Å²) in [6.45, 7) is 7.81. The quantitative estimate of drug-likeness (QED) is 0.693. The number of carbonyl (C=O) groups is 1. The van der Waals surface area contributed by atoms with Crippen molar-refractivity contribution in [3.05, 3.63) is 0 Å². The Kier molecular flexibility index (Phi) is 5.13. The highest BCUT2D eigenvalue weighted by atomic mass is 16.4. The molecule has 0 saturated carbocycles. The second kappa shape index (κ2) is 5.35. The van der Waals surface area contributed by atoms with Gasteiger partial charge in [0.2, 0.25) is 0 Å². The highest BCUT2D eigenvalue weighted by Crippen LogP contribution is 2.40. The first-order valence-electron chi connectivity index (χ1n) is 5.23. The molecule has 0 heterocycles. The lowest BCUT2D eigenvalue weighted by atomic mass is 9.66. The minimum Gasteiger partial charge on any atom is -0.481 e. The van der Waals surface area contributed by atoms with Crippen LogP contribution >= 0.6 is 0 Å². The van der Waals surface area contributed by atoms with E-state index >= 15 is 0 Å². The van der Waals surface area contributed by atoms with Crippen LogP contribution in [0.3, 0.4) is 0 Å². The Balaban J connectivity index is 4.85. The normalized spacial score (nSPS) is 12.5. The Hall–Kier alpha value is -0.570. The number of rotatable bonds is 6. The van der Waals surface area contributed by atoms with E-state index in [0.717, 1.165) is 0 Å². The maximum atomic E-state index is 11.3. The molecule has 0 atom stereocenters. The lowest BCUT2D eigenvalue weighted by Crippen LogP contribution is -2.41. The second-order valence-electron chi connectivity index (χ2n) is 4.48. The number of aliphatic hydroxyl groups is 1. The van der Waals surface area contributed by atoms with Gasteiger partial charge in [-0.2, -0.15) is 0 Å². The first-order chi connectivity index (χ1) is 6.39. The third kappa shape index (κ3) is 2.47. The van der Waals surface area contributed by atoms with Crippen LogP contribution in [0.4, 0.5) is 0 Å². The first-order valence-corrected chi connectivity index (χ1v) is 5.23. The number of carboxylic acids is 1. The summed E-state index contributed by atoms with van der Waals surface area (Å²) >= 11 is 0. The van der Waals surface area contributed by atoms with E-state index in [2.05, 4.69) is 0 Å². The summed E-state index contributed by atoms with van der Waals surface area (Å²) in [4.78, 5) is 11.3. The Morgan fingerprint density at radius 1 is 1.21 bits per heavy atom. The molecule has 0 spiro atoms. The summed E-state index contributed by atoms with van der Waals surface area (Å²) in [5, 5.41) is 18.1. The molecule has 0 saturated heterocycles. The predicted molar refractivity (Wildman–Crippen MR) is 56.1 cm³/mol. The third-order valence-electron chi connectivity index (χ3n) is 3.21. The van der Waals surface area contributed by atoms with Crippen molar-refractivity contribution in [2.45, 2.75) is 40.5 Å². The van der Waals surface area contributed by atoms with Crippen molar-refractivity contribution in [3.63, 3.8) is 0 Å². The van der Waals surface area contributed by atoms with Gasteiger partial charge in [-0.25, -0.2) is 0 Å². The highest BCUT2D eigenvalue weighted by Gasteiger charge is 2.43. The zero-order chi connectivity index (χ0) is 11.4. The average molecular weight is 202 g/mol. The van der Waals surface area contributed by atoms with Gasteiger partial charge in [-0.15, -0.1) is 0 Å².